The zero-order valence-corrected chi connectivity index (χ0v) is 27.6. The molecule has 1 aliphatic rings. The van der Waals surface area contributed by atoms with Crippen LogP contribution in [-0.2, 0) is 26.2 Å². The van der Waals surface area contributed by atoms with Gasteiger partial charge < -0.3 is 19.7 Å². The smallest absolute Gasteiger partial charge is 0.264 e. The van der Waals surface area contributed by atoms with Crippen molar-refractivity contribution in [3.63, 3.8) is 0 Å². The van der Waals surface area contributed by atoms with Gasteiger partial charge in [0, 0.05) is 12.6 Å². The Morgan fingerprint density at radius 1 is 0.809 bits per heavy atom. The lowest BCUT2D eigenvalue weighted by atomic mass is 9.95. The van der Waals surface area contributed by atoms with Crippen molar-refractivity contribution in [1.82, 2.24) is 10.2 Å². The summed E-state index contributed by atoms with van der Waals surface area (Å²) in [6.45, 7) is 1.24. The fourth-order valence-corrected chi connectivity index (χ4v) is 7.11. The van der Waals surface area contributed by atoms with Crippen molar-refractivity contribution >= 4 is 27.5 Å². The number of nitrogens with zero attached hydrogens (tertiary/aromatic N) is 2. The van der Waals surface area contributed by atoms with Crippen LogP contribution in [0.4, 0.5) is 5.69 Å². The number of hydrogen-bond donors (Lipinski definition) is 1. The van der Waals surface area contributed by atoms with Gasteiger partial charge in [0.05, 0.1) is 17.7 Å². The Hall–Kier alpha value is -4.83. The van der Waals surface area contributed by atoms with Gasteiger partial charge in [0.25, 0.3) is 10.0 Å². The maximum Gasteiger partial charge on any atom is 0.264 e. The van der Waals surface area contributed by atoms with Gasteiger partial charge in [-0.2, -0.15) is 0 Å². The molecule has 4 aromatic carbocycles. The van der Waals surface area contributed by atoms with Crippen LogP contribution in [-0.4, -0.2) is 50.9 Å². The lowest BCUT2D eigenvalue weighted by Gasteiger charge is -2.33. The van der Waals surface area contributed by atoms with Gasteiger partial charge in [-0.25, -0.2) is 8.42 Å². The molecule has 1 atom stereocenters. The minimum atomic E-state index is -4.18. The number of anilines is 1. The number of carbonyl (C=O) groups is 2. The number of amides is 2. The highest BCUT2D eigenvalue weighted by atomic mass is 32.2. The number of sulfonamides is 1. The van der Waals surface area contributed by atoms with E-state index in [2.05, 4.69) is 5.32 Å². The number of ether oxygens (including phenoxy) is 2. The summed E-state index contributed by atoms with van der Waals surface area (Å²) in [7, 11) is -2.62. The Morgan fingerprint density at radius 2 is 1.43 bits per heavy atom. The molecule has 9 nitrogen and oxygen atoms in total. The van der Waals surface area contributed by atoms with Gasteiger partial charge in [-0.3, -0.25) is 13.9 Å². The van der Waals surface area contributed by atoms with E-state index in [1.54, 1.807) is 68.6 Å². The van der Waals surface area contributed by atoms with Crippen molar-refractivity contribution in [1.29, 1.82) is 0 Å². The monoisotopic (exact) mass is 655 g/mol. The second kappa shape index (κ2) is 15.6. The molecule has 4 aromatic rings. The molecule has 1 N–H and O–H groups in total. The van der Waals surface area contributed by atoms with Gasteiger partial charge in [0.15, 0.2) is 0 Å². The zero-order valence-electron chi connectivity index (χ0n) is 26.7. The molecule has 246 valence electrons. The van der Waals surface area contributed by atoms with E-state index in [9.17, 15) is 18.0 Å². The first-order chi connectivity index (χ1) is 22.7. The SMILES string of the molecule is COc1cccc(CN(C(=O)CN(c2ccc(Oc3ccccc3)cc2)S(=O)(=O)c2ccccc2)[C@@H](C)C(=O)NC2CCCCC2)c1. The summed E-state index contributed by atoms with van der Waals surface area (Å²) in [5, 5.41) is 3.13. The summed E-state index contributed by atoms with van der Waals surface area (Å²) in [4.78, 5) is 29.3. The van der Waals surface area contributed by atoms with Crippen molar-refractivity contribution in [3.8, 4) is 17.2 Å². The second-order valence-corrected chi connectivity index (χ2v) is 13.5. The molecule has 1 aliphatic carbocycles. The minimum Gasteiger partial charge on any atom is -0.497 e. The Kier molecular flexibility index (Phi) is 11.2. The average Bonchev–Trinajstić information content (AvgIpc) is 3.11. The molecule has 10 heteroatoms. The summed E-state index contributed by atoms with van der Waals surface area (Å²) in [6, 6.07) is 30.2. The normalized spacial score (nSPS) is 14.1. The van der Waals surface area contributed by atoms with Crippen molar-refractivity contribution in [2.24, 2.45) is 0 Å². The molecule has 0 unspecified atom stereocenters. The third-order valence-electron chi connectivity index (χ3n) is 8.32. The maximum absolute atomic E-state index is 14.3. The largest absolute Gasteiger partial charge is 0.497 e. The van der Waals surface area contributed by atoms with Gasteiger partial charge in [-0.15, -0.1) is 0 Å². The number of hydrogen-bond acceptors (Lipinski definition) is 6. The molecule has 5 rings (SSSR count). The standard InChI is InChI=1S/C37H41N3O6S/c1-28(37(42)38-30-14-6-3-7-15-30)39(26-29-13-12-18-34(25-29)45-2)36(41)27-40(47(43,44)35-19-10-5-11-20-35)31-21-23-33(24-22-31)46-32-16-8-4-9-17-32/h4-5,8-13,16-25,28,30H,3,6-7,14-15,26-27H2,1-2H3,(H,38,42)/t28-/m0/s1. The van der Waals surface area contributed by atoms with Crippen molar-refractivity contribution in [2.75, 3.05) is 18.0 Å². The number of methoxy groups -OCH3 is 1. The van der Waals surface area contributed by atoms with Crippen LogP contribution < -0.4 is 19.1 Å². The van der Waals surface area contributed by atoms with Crippen LogP contribution in [0.15, 0.2) is 114 Å². The van der Waals surface area contributed by atoms with Gasteiger partial charge in [0.2, 0.25) is 11.8 Å². The van der Waals surface area contributed by atoms with E-state index in [0.717, 1.165) is 42.0 Å². The van der Waals surface area contributed by atoms with E-state index >= 15 is 0 Å². The Bertz CT molecular complexity index is 1730. The molecule has 2 amide bonds. The zero-order chi connectivity index (χ0) is 33.2. The molecule has 0 bridgehead atoms. The number of nitrogens with one attached hydrogen (secondary N) is 1. The highest BCUT2D eigenvalue weighted by molar-refractivity contribution is 7.92. The summed E-state index contributed by atoms with van der Waals surface area (Å²) < 4.78 is 40.6. The lowest BCUT2D eigenvalue weighted by molar-refractivity contribution is -0.139. The Labute approximate surface area is 277 Å². The molecule has 0 aromatic heterocycles. The van der Waals surface area contributed by atoms with E-state index in [1.807, 2.05) is 42.5 Å². The third-order valence-corrected chi connectivity index (χ3v) is 10.1. The summed E-state index contributed by atoms with van der Waals surface area (Å²) in [6.07, 6.45) is 5.04. The van der Waals surface area contributed by atoms with Crippen LogP contribution in [0.25, 0.3) is 0 Å². The molecule has 47 heavy (non-hydrogen) atoms. The molecular weight excluding hydrogens is 614 g/mol. The van der Waals surface area contributed by atoms with Gasteiger partial charge >= 0.3 is 0 Å². The van der Waals surface area contributed by atoms with Gasteiger partial charge in [-0.05, 0) is 86.0 Å². The molecule has 0 radical (unpaired) electrons. The molecule has 0 heterocycles. The number of benzene rings is 4. The molecule has 0 aliphatic heterocycles. The summed E-state index contributed by atoms with van der Waals surface area (Å²) >= 11 is 0. The first-order valence-corrected chi connectivity index (χ1v) is 17.3. The predicted molar refractivity (Wildman–Crippen MR) is 182 cm³/mol. The number of rotatable bonds is 13. The minimum absolute atomic E-state index is 0.0415. The maximum atomic E-state index is 14.3. The van der Waals surface area contributed by atoms with E-state index in [0.29, 0.717) is 17.2 Å². The van der Waals surface area contributed by atoms with E-state index in [1.165, 1.54) is 17.0 Å². The average molecular weight is 656 g/mol. The molecule has 1 fully saturated rings. The van der Waals surface area contributed by atoms with Crippen LogP contribution in [0.1, 0.15) is 44.6 Å². The van der Waals surface area contributed by atoms with Gasteiger partial charge in [0.1, 0.15) is 29.8 Å². The van der Waals surface area contributed by atoms with Crippen molar-refractivity contribution in [3.05, 3.63) is 115 Å². The topological polar surface area (TPSA) is 105 Å². The first kappa shape index (κ1) is 33.5. The van der Waals surface area contributed by atoms with Crippen LogP contribution in [0.2, 0.25) is 0 Å². The van der Waals surface area contributed by atoms with E-state index < -0.39 is 28.5 Å². The molecular formula is C37H41N3O6S. The summed E-state index contributed by atoms with van der Waals surface area (Å²) in [5.41, 5.74) is 1.03. The lowest BCUT2D eigenvalue weighted by Crippen LogP contribution is -2.53. The predicted octanol–water partition coefficient (Wildman–Crippen LogP) is 6.55. The molecule has 1 saturated carbocycles. The molecule has 0 saturated heterocycles. The third kappa shape index (κ3) is 8.71. The van der Waals surface area contributed by atoms with Crippen LogP contribution in [0.3, 0.4) is 0 Å². The fraction of sp³-hybridized carbons (Fsp3) is 0.297. The second-order valence-electron chi connectivity index (χ2n) is 11.6. The molecule has 0 spiro atoms. The first-order valence-electron chi connectivity index (χ1n) is 15.9. The van der Waals surface area contributed by atoms with E-state index in [4.69, 9.17) is 9.47 Å². The fourth-order valence-electron chi connectivity index (χ4n) is 5.67. The highest BCUT2D eigenvalue weighted by Crippen LogP contribution is 2.29. The number of para-hydroxylation sites is 1. The Morgan fingerprint density at radius 3 is 2.09 bits per heavy atom. The van der Waals surface area contributed by atoms with Crippen molar-refractivity contribution in [2.45, 2.75) is 62.6 Å². The van der Waals surface area contributed by atoms with Crippen LogP contribution in [0.5, 0.6) is 17.2 Å². The van der Waals surface area contributed by atoms with Crippen LogP contribution in [0, 0.1) is 0 Å². The van der Waals surface area contributed by atoms with Crippen molar-refractivity contribution < 1.29 is 27.5 Å². The summed E-state index contributed by atoms with van der Waals surface area (Å²) in [5.74, 6) is 0.963. The number of carbonyl (C=O) groups excluding carboxylic acids is 2. The Balaban J connectivity index is 1.46. The van der Waals surface area contributed by atoms with Crippen LogP contribution >= 0.6 is 0 Å². The highest BCUT2D eigenvalue weighted by Gasteiger charge is 2.33. The quantitative estimate of drug-likeness (QED) is 0.175. The van der Waals surface area contributed by atoms with Gasteiger partial charge in [-0.1, -0.05) is 67.8 Å². The van der Waals surface area contributed by atoms with E-state index in [-0.39, 0.29) is 29.1 Å².